The molecule has 3 aromatic heterocycles. The zero-order chi connectivity index (χ0) is 25.2. The number of likely N-dealkylation sites (tertiary alicyclic amines) is 1. The summed E-state index contributed by atoms with van der Waals surface area (Å²) in [6.45, 7) is 4.60. The Bertz CT molecular complexity index is 1460. The zero-order valence-corrected chi connectivity index (χ0v) is 20.2. The topological polar surface area (TPSA) is 100 Å². The van der Waals surface area contributed by atoms with Crippen LogP contribution in [0.2, 0.25) is 0 Å². The quantitative estimate of drug-likeness (QED) is 0.289. The Hall–Kier alpha value is -3.89. The Kier molecular flexibility index (Phi) is 6.62. The van der Waals surface area contributed by atoms with E-state index < -0.39 is 5.95 Å². The molecule has 4 heterocycles. The van der Waals surface area contributed by atoms with Crippen LogP contribution >= 0.6 is 11.3 Å². The van der Waals surface area contributed by atoms with E-state index in [-0.39, 0.29) is 24.5 Å². The number of fused-ring (bicyclic) bond motifs is 1. The molecule has 0 saturated carbocycles. The van der Waals surface area contributed by atoms with Gasteiger partial charge in [-0.15, -0.1) is 11.3 Å². The molecular weight excluding hydrogens is 481 g/mol. The van der Waals surface area contributed by atoms with Crippen LogP contribution in [0.15, 0.2) is 61.3 Å². The van der Waals surface area contributed by atoms with Crippen molar-refractivity contribution in [1.29, 1.82) is 0 Å². The molecule has 0 radical (unpaired) electrons. The van der Waals surface area contributed by atoms with Crippen molar-refractivity contribution in [3.05, 3.63) is 77.7 Å². The highest BCUT2D eigenvalue weighted by Crippen LogP contribution is 2.30. The number of carbonyl (C=O) groups is 2. The van der Waals surface area contributed by atoms with Crippen LogP contribution in [0.3, 0.4) is 0 Å². The number of aliphatic hydroxyl groups is 1. The molecule has 1 atom stereocenters. The van der Waals surface area contributed by atoms with Crippen LogP contribution in [-0.2, 0) is 17.9 Å². The highest BCUT2D eigenvalue weighted by Gasteiger charge is 2.29. The monoisotopic (exact) mass is 505 g/mol. The number of rotatable bonds is 7. The molecule has 0 unspecified atom stereocenters. The molecule has 1 aromatic carbocycles. The van der Waals surface area contributed by atoms with Crippen LogP contribution < -0.4 is 5.32 Å². The van der Waals surface area contributed by atoms with Crippen molar-refractivity contribution in [2.24, 2.45) is 0 Å². The van der Waals surface area contributed by atoms with Crippen molar-refractivity contribution in [3.63, 3.8) is 0 Å². The van der Waals surface area contributed by atoms with Gasteiger partial charge in [-0.3, -0.25) is 14.9 Å². The highest BCUT2D eigenvalue weighted by molar-refractivity contribution is 7.17. The number of hydrogen-bond acceptors (Lipinski definition) is 6. The number of thiophene rings is 1. The van der Waals surface area contributed by atoms with Crippen molar-refractivity contribution in [3.8, 4) is 10.4 Å². The van der Waals surface area contributed by atoms with Crippen molar-refractivity contribution in [2.45, 2.75) is 32.0 Å². The third-order valence-electron chi connectivity index (χ3n) is 6.29. The van der Waals surface area contributed by atoms with Crippen LogP contribution in [0.25, 0.3) is 21.5 Å². The third-order valence-corrected chi connectivity index (χ3v) is 7.42. The normalized spacial score (nSPS) is 15.4. The fourth-order valence-corrected chi connectivity index (χ4v) is 5.43. The number of aromatic nitrogens is 3. The molecule has 0 spiro atoms. The lowest BCUT2D eigenvalue weighted by Crippen LogP contribution is -2.37. The van der Waals surface area contributed by atoms with Crippen LogP contribution in [0.5, 0.6) is 0 Å². The van der Waals surface area contributed by atoms with Gasteiger partial charge in [0.05, 0.1) is 28.6 Å². The van der Waals surface area contributed by atoms with E-state index in [9.17, 15) is 19.1 Å². The van der Waals surface area contributed by atoms with Crippen molar-refractivity contribution in [1.82, 2.24) is 19.4 Å². The minimum absolute atomic E-state index is 0.0593. The van der Waals surface area contributed by atoms with E-state index in [1.54, 1.807) is 29.2 Å². The van der Waals surface area contributed by atoms with Gasteiger partial charge in [-0.25, -0.2) is 9.97 Å². The van der Waals surface area contributed by atoms with Gasteiger partial charge in [-0.05, 0) is 60.4 Å². The number of anilines is 1. The molecule has 2 N–H and O–H groups in total. The summed E-state index contributed by atoms with van der Waals surface area (Å²) in [7, 11) is 0. The molecule has 10 heteroatoms. The largest absolute Gasteiger partial charge is 0.392 e. The van der Waals surface area contributed by atoms with Crippen molar-refractivity contribution in [2.75, 3.05) is 11.9 Å². The standard InChI is InChI=1S/C26H24FN5O3S/c1-2-24(34)31-11-3-4-18(31)14-32-20-6-5-16(15-33)12-19(20)29-26(32)30-25(35)22-8-7-21(36-22)17-9-10-28-23(27)13-17/h2,5-10,12-13,18,33H,1,3-4,11,14-15H2,(H,29,30,35)/t18-/m1/s1. The summed E-state index contributed by atoms with van der Waals surface area (Å²) < 4.78 is 15.4. The maximum atomic E-state index is 13.5. The molecule has 8 nitrogen and oxygen atoms in total. The Morgan fingerprint density at radius 1 is 1.25 bits per heavy atom. The molecule has 1 fully saturated rings. The number of hydrogen-bond donors (Lipinski definition) is 2. The number of pyridine rings is 1. The lowest BCUT2D eigenvalue weighted by Gasteiger charge is -2.24. The van der Waals surface area contributed by atoms with E-state index >= 15 is 0 Å². The number of imidazole rings is 1. The number of nitrogens with zero attached hydrogens (tertiary/aromatic N) is 4. The summed E-state index contributed by atoms with van der Waals surface area (Å²) in [4.78, 5) is 36.7. The summed E-state index contributed by atoms with van der Waals surface area (Å²) in [5.74, 6) is -0.689. The van der Waals surface area contributed by atoms with E-state index in [0.29, 0.717) is 40.6 Å². The fraction of sp³-hybridized carbons (Fsp3) is 0.231. The summed E-state index contributed by atoms with van der Waals surface area (Å²) >= 11 is 1.24. The predicted molar refractivity (Wildman–Crippen MR) is 136 cm³/mol. The first-order valence-corrected chi connectivity index (χ1v) is 12.3. The number of halogens is 1. The average molecular weight is 506 g/mol. The number of amides is 2. The third kappa shape index (κ3) is 4.65. The maximum Gasteiger partial charge on any atom is 0.268 e. The molecule has 1 aliphatic rings. The molecule has 1 saturated heterocycles. The lowest BCUT2D eigenvalue weighted by molar-refractivity contribution is -0.126. The average Bonchev–Trinajstić information content (AvgIpc) is 3.63. The second-order valence-corrected chi connectivity index (χ2v) is 9.63. The number of benzene rings is 1. The van der Waals surface area contributed by atoms with Gasteiger partial charge in [0.25, 0.3) is 5.91 Å². The Morgan fingerprint density at radius 2 is 2.11 bits per heavy atom. The smallest absolute Gasteiger partial charge is 0.268 e. The highest BCUT2D eigenvalue weighted by atomic mass is 32.1. The van der Waals surface area contributed by atoms with E-state index in [4.69, 9.17) is 0 Å². The zero-order valence-electron chi connectivity index (χ0n) is 19.4. The molecule has 184 valence electrons. The van der Waals surface area contributed by atoms with E-state index in [1.165, 1.54) is 29.7 Å². The van der Waals surface area contributed by atoms with Crippen LogP contribution in [-0.4, -0.2) is 48.9 Å². The van der Waals surface area contributed by atoms with Gasteiger partial charge in [0.1, 0.15) is 0 Å². The second kappa shape index (κ2) is 10.00. The van der Waals surface area contributed by atoms with Crippen LogP contribution in [0.4, 0.5) is 10.3 Å². The number of carbonyl (C=O) groups excluding carboxylic acids is 2. The molecule has 4 aromatic rings. The molecule has 0 aliphatic carbocycles. The van der Waals surface area contributed by atoms with E-state index in [0.717, 1.165) is 23.2 Å². The first-order chi connectivity index (χ1) is 17.5. The minimum Gasteiger partial charge on any atom is -0.392 e. The summed E-state index contributed by atoms with van der Waals surface area (Å²) in [5, 5.41) is 12.5. The maximum absolute atomic E-state index is 13.5. The Morgan fingerprint density at radius 3 is 2.89 bits per heavy atom. The molecule has 5 rings (SSSR count). The predicted octanol–water partition coefficient (Wildman–Crippen LogP) is 4.22. The molecule has 1 aliphatic heterocycles. The van der Waals surface area contributed by atoms with Gasteiger partial charge < -0.3 is 14.6 Å². The van der Waals surface area contributed by atoms with Gasteiger partial charge in [0.15, 0.2) is 0 Å². The molecule has 2 amide bonds. The minimum atomic E-state index is -0.584. The van der Waals surface area contributed by atoms with E-state index in [1.807, 2.05) is 16.7 Å². The van der Waals surface area contributed by atoms with Gasteiger partial charge in [-0.2, -0.15) is 4.39 Å². The fourth-order valence-electron chi connectivity index (χ4n) is 4.53. The molecule has 36 heavy (non-hydrogen) atoms. The van der Waals surface area contributed by atoms with Crippen LogP contribution in [0, 0.1) is 5.95 Å². The number of nitrogens with one attached hydrogen (secondary N) is 1. The molecular formula is C26H24FN5O3S. The second-order valence-electron chi connectivity index (χ2n) is 8.54. The Balaban J connectivity index is 1.46. The summed E-state index contributed by atoms with van der Waals surface area (Å²) in [6, 6.07) is 11.9. The number of aliphatic hydroxyl groups excluding tert-OH is 1. The summed E-state index contributed by atoms with van der Waals surface area (Å²) in [6.07, 6.45) is 4.43. The van der Waals surface area contributed by atoms with Gasteiger partial charge in [0, 0.05) is 30.2 Å². The van der Waals surface area contributed by atoms with Gasteiger partial charge >= 0.3 is 0 Å². The van der Waals surface area contributed by atoms with Gasteiger partial charge in [0.2, 0.25) is 17.8 Å². The van der Waals surface area contributed by atoms with Crippen molar-refractivity contribution >= 4 is 40.1 Å². The molecule has 0 bridgehead atoms. The van der Waals surface area contributed by atoms with E-state index in [2.05, 4.69) is 21.9 Å². The van der Waals surface area contributed by atoms with Crippen LogP contribution in [0.1, 0.15) is 28.1 Å². The van der Waals surface area contributed by atoms with Crippen molar-refractivity contribution < 1.29 is 19.1 Å². The van der Waals surface area contributed by atoms with Gasteiger partial charge in [-0.1, -0.05) is 12.6 Å². The lowest BCUT2D eigenvalue weighted by atomic mass is 10.2. The first-order valence-electron chi connectivity index (χ1n) is 11.5. The summed E-state index contributed by atoms with van der Waals surface area (Å²) in [5.41, 5.74) is 2.78. The Labute approximate surface area is 210 Å². The SMILES string of the molecule is C=CC(=O)N1CCC[C@@H]1Cn1c(NC(=O)c2ccc(-c3ccnc(F)c3)s2)nc2cc(CO)ccc21. The first kappa shape index (κ1) is 23.8.